The largest absolute Gasteiger partial charge is 0.489 e. The molecule has 1 amide bonds. The third kappa shape index (κ3) is 5.96. The number of nitrogens with zero attached hydrogens (tertiary/aromatic N) is 2. The molecule has 37 heavy (non-hydrogen) atoms. The molecule has 0 radical (unpaired) electrons. The number of nitrogens with one attached hydrogen (secondary N) is 1. The van der Waals surface area contributed by atoms with Crippen LogP contribution in [0.5, 0.6) is 5.75 Å². The zero-order valence-corrected chi connectivity index (χ0v) is 21.0. The van der Waals surface area contributed by atoms with E-state index in [1.54, 1.807) is 24.3 Å². The quantitative estimate of drug-likeness (QED) is 0.222. The van der Waals surface area contributed by atoms with Gasteiger partial charge in [-0.3, -0.25) is 4.79 Å². The van der Waals surface area contributed by atoms with E-state index in [0.29, 0.717) is 11.3 Å². The molecule has 5 nitrogen and oxygen atoms in total. The highest BCUT2D eigenvalue weighted by molar-refractivity contribution is 6.02. The lowest BCUT2D eigenvalue weighted by molar-refractivity contribution is -0.117. The van der Waals surface area contributed by atoms with Crippen molar-refractivity contribution >= 4 is 12.0 Å². The molecule has 1 atom stereocenters. The Kier molecular flexibility index (Phi) is 7.85. The zero-order valence-electron chi connectivity index (χ0n) is 21.0. The van der Waals surface area contributed by atoms with Crippen molar-refractivity contribution in [1.29, 1.82) is 5.26 Å². The fourth-order valence-corrected chi connectivity index (χ4v) is 4.20. The summed E-state index contributed by atoms with van der Waals surface area (Å²) in [4.78, 5) is 12.8. The second-order valence-electron chi connectivity index (χ2n) is 8.81. The van der Waals surface area contributed by atoms with Gasteiger partial charge in [0, 0.05) is 22.6 Å². The molecule has 0 bridgehead atoms. The van der Waals surface area contributed by atoms with E-state index in [-0.39, 0.29) is 24.0 Å². The summed E-state index contributed by atoms with van der Waals surface area (Å²) in [6.45, 7) is 5.94. The summed E-state index contributed by atoms with van der Waals surface area (Å²) in [6, 6.07) is 27.4. The van der Waals surface area contributed by atoms with Crippen molar-refractivity contribution in [2.75, 3.05) is 0 Å². The highest BCUT2D eigenvalue weighted by Gasteiger charge is 2.16. The maximum Gasteiger partial charge on any atom is 0.262 e. The third-order valence-corrected chi connectivity index (χ3v) is 6.23. The van der Waals surface area contributed by atoms with Gasteiger partial charge in [0.25, 0.3) is 5.91 Å². The molecular formula is C31H28FN3O2. The van der Waals surface area contributed by atoms with Gasteiger partial charge in [0.05, 0.1) is 6.04 Å². The van der Waals surface area contributed by atoms with Crippen LogP contribution < -0.4 is 10.1 Å². The molecule has 0 saturated heterocycles. The van der Waals surface area contributed by atoms with Gasteiger partial charge in [0.15, 0.2) is 0 Å². The monoisotopic (exact) mass is 493 g/mol. The van der Waals surface area contributed by atoms with E-state index in [1.807, 2.05) is 92.1 Å². The first-order chi connectivity index (χ1) is 17.9. The number of nitriles is 1. The van der Waals surface area contributed by atoms with Gasteiger partial charge in [-0.2, -0.15) is 5.26 Å². The molecule has 4 rings (SSSR count). The molecule has 0 aliphatic heterocycles. The minimum absolute atomic E-state index is 0.0416. The van der Waals surface area contributed by atoms with E-state index in [0.717, 1.165) is 28.2 Å². The molecule has 6 heteroatoms. The number of amides is 1. The van der Waals surface area contributed by atoms with Crippen molar-refractivity contribution < 1.29 is 13.9 Å². The van der Waals surface area contributed by atoms with Crippen LogP contribution in [0.1, 0.15) is 41.0 Å². The Morgan fingerprint density at radius 1 is 1.05 bits per heavy atom. The standard InChI is InChI=1S/C31H28FN3O2/c1-21-17-26(18-27(19-33)31(36)34-22(2)24-9-5-4-6-10-24)23(3)35(21)28-13-15-29(16-14-28)37-20-25-11-7-8-12-30(25)32/h4-18,22H,20H2,1-3H3,(H,34,36)/b27-18-/t22-/m1/s1. The summed E-state index contributed by atoms with van der Waals surface area (Å²) >= 11 is 0. The second-order valence-corrected chi connectivity index (χ2v) is 8.81. The first-order valence-electron chi connectivity index (χ1n) is 12.0. The van der Waals surface area contributed by atoms with Crippen LogP contribution in [0.15, 0.2) is 90.5 Å². The average Bonchev–Trinajstić information content (AvgIpc) is 3.19. The predicted molar refractivity (Wildman–Crippen MR) is 143 cm³/mol. The van der Waals surface area contributed by atoms with Crippen LogP contribution in [0.2, 0.25) is 0 Å². The number of ether oxygens (including phenoxy) is 1. The van der Waals surface area contributed by atoms with Crippen LogP contribution in [0.4, 0.5) is 4.39 Å². The van der Waals surface area contributed by atoms with Crippen molar-refractivity contribution in [1.82, 2.24) is 9.88 Å². The van der Waals surface area contributed by atoms with Crippen molar-refractivity contribution in [3.05, 3.63) is 124 Å². The molecule has 1 aromatic heterocycles. The van der Waals surface area contributed by atoms with E-state index in [4.69, 9.17) is 4.74 Å². The van der Waals surface area contributed by atoms with Gasteiger partial charge in [0.2, 0.25) is 0 Å². The number of hydrogen-bond acceptors (Lipinski definition) is 3. The molecule has 0 unspecified atom stereocenters. The number of carbonyl (C=O) groups is 1. The summed E-state index contributed by atoms with van der Waals surface area (Å²) in [5.74, 6) is -0.0798. The zero-order chi connectivity index (χ0) is 26.4. The molecule has 4 aromatic rings. The Morgan fingerprint density at radius 3 is 2.41 bits per heavy atom. The van der Waals surface area contributed by atoms with Gasteiger partial charge >= 0.3 is 0 Å². The van der Waals surface area contributed by atoms with Crippen LogP contribution in [-0.4, -0.2) is 10.5 Å². The first kappa shape index (κ1) is 25.5. The Hall–Kier alpha value is -4.63. The Bertz CT molecular complexity index is 1460. The van der Waals surface area contributed by atoms with E-state index < -0.39 is 5.91 Å². The van der Waals surface area contributed by atoms with Gasteiger partial charge in [-0.25, -0.2) is 4.39 Å². The van der Waals surface area contributed by atoms with E-state index >= 15 is 0 Å². The van der Waals surface area contributed by atoms with E-state index in [9.17, 15) is 14.4 Å². The lowest BCUT2D eigenvalue weighted by Crippen LogP contribution is -2.27. The van der Waals surface area contributed by atoms with Crippen LogP contribution in [0, 0.1) is 31.0 Å². The van der Waals surface area contributed by atoms with Crippen LogP contribution >= 0.6 is 0 Å². The molecule has 0 aliphatic carbocycles. The minimum Gasteiger partial charge on any atom is -0.489 e. The lowest BCUT2D eigenvalue weighted by atomic mass is 10.1. The molecule has 1 N–H and O–H groups in total. The maximum absolute atomic E-state index is 13.8. The molecule has 0 fully saturated rings. The average molecular weight is 494 g/mol. The first-order valence-corrected chi connectivity index (χ1v) is 12.0. The third-order valence-electron chi connectivity index (χ3n) is 6.23. The molecular weight excluding hydrogens is 465 g/mol. The van der Waals surface area contributed by atoms with Crippen molar-refractivity contribution in [3.8, 4) is 17.5 Å². The van der Waals surface area contributed by atoms with Crippen molar-refractivity contribution in [2.24, 2.45) is 0 Å². The van der Waals surface area contributed by atoms with Crippen LogP contribution in [-0.2, 0) is 11.4 Å². The number of hydrogen-bond donors (Lipinski definition) is 1. The van der Waals surface area contributed by atoms with E-state index in [2.05, 4.69) is 5.32 Å². The number of halogens is 1. The molecule has 3 aromatic carbocycles. The summed E-state index contributed by atoms with van der Waals surface area (Å²) in [6.07, 6.45) is 1.62. The molecule has 186 valence electrons. The van der Waals surface area contributed by atoms with Gasteiger partial charge in [-0.05, 0) is 74.4 Å². The number of carbonyl (C=O) groups excluding carboxylic acids is 1. The Morgan fingerprint density at radius 2 is 1.73 bits per heavy atom. The predicted octanol–water partition coefficient (Wildman–Crippen LogP) is 6.60. The summed E-state index contributed by atoms with van der Waals surface area (Å²) in [5.41, 5.74) is 5.06. The van der Waals surface area contributed by atoms with Gasteiger partial charge in [-0.1, -0.05) is 48.5 Å². The smallest absolute Gasteiger partial charge is 0.262 e. The minimum atomic E-state index is -0.417. The molecule has 1 heterocycles. The SMILES string of the molecule is Cc1cc(/C=C(/C#N)C(=O)N[C@H](C)c2ccccc2)c(C)n1-c1ccc(OCc2ccccc2F)cc1. The van der Waals surface area contributed by atoms with Crippen LogP contribution in [0.25, 0.3) is 11.8 Å². The highest BCUT2D eigenvalue weighted by atomic mass is 19.1. The Balaban J connectivity index is 1.50. The number of aryl methyl sites for hydroxylation is 1. The number of benzene rings is 3. The normalized spacial score (nSPS) is 12.0. The molecule has 0 spiro atoms. The van der Waals surface area contributed by atoms with Gasteiger partial charge < -0.3 is 14.6 Å². The Labute approximate surface area is 216 Å². The fourth-order valence-electron chi connectivity index (χ4n) is 4.20. The second kappa shape index (κ2) is 11.4. The molecule has 0 aliphatic rings. The lowest BCUT2D eigenvalue weighted by Gasteiger charge is -2.14. The maximum atomic E-state index is 13.8. The summed E-state index contributed by atoms with van der Waals surface area (Å²) < 4.78 is 21.6. The highest BCUT2D eigenvalue weighted by Crippen LogP contribution is 2.25. The topological polar surface area (TPSA) is 67.0 Å². The fraction of sp³-hybridized carbons (Fsp3) is 0.161. The van der Waals surface area contributed by atoms with Crippen molar-refractivity contribution in [2.45, 2.75) is 33.4 Å². The van der Waals surface area contributed by atoms with Gasteiger partial charge in [0.1, 0.15) is 29.8 Å². The molecule has 0 saturated carbocycles. The van der Waals surface area contributed by atoms with Gasteiger partial charge in [-0.15, -0.1) is 0 Å². The van der Waals surface area contributed by atoms with Crippen LogP contribution in [0.3, 0.4) is 0 Å². The summed E-state index contributed by atoms with van der Waals surface area (Å²) in [5, 5.41) is 12.6. The number of aromatic nitrogens is 1. The number of rotatable bonds is 8. The van der Waals surface area contributed by atoms with Crippen molar-refractivity contribution in [3.63, 3.8) is 0 Å². The summed E-state index contributed by atoms with van der Waals surface area (Å²) in [7, 11) is 0. The van der Waals surface area contributed by atoms with E-state index in [1.165, 1.54) is 6.07 Å².